The van der Waals surface area contributed by atoms with Crippen LogP contribution in [0.2, 0.25) is 0 Å². The van der Waals surface area contributed by atoms with Crippen LogP contribution in [0, 0.1) is 0 Å². The molecule has 0 fully saturated rings. The SMILES string of the molecule is CN(C)c1ccc(NC(=O)c2cncc(C(=O)Nc3ccccc3)c2)cc1. The van der Waals surface area contributed by atoms with Crippen LogP contribution in [0.25, 0.3) is 0 Å². The first kappa shape index (κ1) is 18.1. The summed E-state index contributed by atoms with van der Waals surface area (Å²) < 4.78 is 0. The van der Waals surface area contributed by atoms with Crippen LogP contribution in [0.15, 0.2) is 73.1 Å². The lowest BCUT2D eigenvalue weighted by molar-refractivity contribution is 0.102. The zero-order chi connectivity index (χ0) is 19.2. The fraction of sp³-hybridized carbons (Fsp3) is 0.0952. The van der Waals surface area contributed by atoms with Crippen molar-refractivity contribution in [1.29, 1.82) is 0 Å². The van der Waals surface area contributed by atoms with E-state index in [0.29, 0.717) is 22.5 Å². The molecule has 2 amide bonds. The van der Waals surface area contributed by atoms with Crippen molar-refractivity contribution in [1.82, 2.24) is 4.98 Å². The number of nitrogens with one attached hydrogen (secondary N) is 2. The van der Waals surface area contributed by atoms with Gasteiger partial charge >= 0.3 is 0 Å². The lowest BCUT2D eigenvalue weighted by Crippen LogP contribution is -2.16. The fourth-order valence-corrected chi connectivity index (χ4v) is 2.46. The zero-order valence-corrected chi connectivity index (χ0v) is 15.1. The van der Waals surface area contributed by atoms with Gasteiger partial charge in [0.25, 0.3) is 11.8 Å². The van der Waals surface area contributed by atoms with E-state index in [9.17, 15) is 9.59 Å². The summed E-state index contributed by atoms with van der Waals surface area (Å²) >= 11 is 0. The molecule has 0 aliphatic rings. The van der Waals surface area contributed by atoms with Gasteiger partial charge < -0.3 is 15.5 Å². The number of rotatable bonds is 5. The van der Waals surface area contributed by atoms with E-state index in [4.69, 9.17) is 0 Å². The maximum absolute atomic E-state index is 12.5. The van der Waals surface area contributed by atoms with E-state index in [1.54, 1.807) is 12.1 Å². The number of pyridine rings is 1. The number of nitrogens with zero attached hydrogens (tertiary/aromatic N) is 2. The van der Waals surface area contributed by atoms with Gasteiger partial charge in [-0.2, -0.15) is 0 Å². The van der Waals surface area contributed by atoms with Crippen molar-refractivity contribution >= 4 is 28.9 Å². The second-order valence-corrected chi connectivity index (χ2v) is 6.18. The maximum atomic E-state index is 12.5. The van der Waals surface area contributed by atoms with E-state index < -0.39 is 0 Å². The molecule has 0 aliphatic carbocycles. The van der Waals surface area contributed by atoms with Crippen LogP contribution in [0.1, 0.15) is 20.7 Å². The second kappa shape index (κ2) is 8.14. The molecule has 2 N–H and O–H groups in total. The number of carbonyl (C=O) groups excluding carboxylic acids is 2. The van der Waals surface area contributed by atoms with Crippen molar-refractivity contribution in [2.75, 3.05) is 29.6 Å². The Hall–Kier alpha value is -3.67. The van der Waals surface area contributed by atoms with E-state index >= 15 is 0 Å². The fourth-order valence-electron chi connectivity index (χ4n) is 2.46. The quantitative estimate of drug-likeness (QED) is 0.728. The van der Waals surface area contributed by atoms with Gasteiger partial charge in [0, 0.05) is 43.6 Å². The third-order valence-electron chi connectivity index (χ3n) is 3.94. The van der Waals surface area contributed by atoms with Gasteiger partial charge in [0.05, 0.1) is 11.1 Å². The first-order valence-corrected chi connectivity index (χ1v) is 8.43. The molecule has 0 saturated carbocycles. The number of hydrogen-bond acceptors (Lipinski definition) is 4. The van der Waals surface area contributed by atoms with Crippen LogP contribution < -0.4 is 15.5 Å². The Morgan fingerprint density at radius 1 is 0.778 bits per heavy atom. The minimum Gasteiger partial charge on any atom is -0.378 e. The molecule has 27 heavy (non-hydrogen) atoms. The first-order chi connectivity index (χ1) is 13.0. The predicted molar refractivity (Wildman–Crippen MR) is 107 cm³/mol. The summed E-state index contributed by atoms with van der Waals surface area (Å²) in [5.41, 5.74) is 3.01. The van der Waals surface area contributed by atoms with Crippen LogP contribution in [0.4, 0.5) is 17.1 Å². The normalized spacial score (nSPS) is 10.1. The number of anilines is 3. The molecule has 0 saturated heterocycles. The molecule has 1 aromatic heterocycles. The van der Waals surface area contributed by atoms with Crippen LogP contribution in [0.5, 0.6) is 0 Å². The molecule has 0 atom stereocenters. The third-order valence-corrected chi connectivity index (χ3v) is 3.94. The van der Waals surface area contributed by atoms with E-state index in [-0.39, 0.29) is 11.8 Å². The first-order valence-electron chi connectivity index (χ1n) is 8.43. The molecule has 0 spiro atoms. The topological polar surface area (TPSA) is 74.3 Å². The van der Waals surface area contributed by atoms with Crippen LogP contribution in [-0.4, -0.2) is 30.9 Å². The van der Waals surface area contributed by atoms with Gasteiger partial charge in [-0.05, 0) is 42.5 Å². The minimum atomic E-state index is -0.325. The molecular formula is C21H20N4O2. The van der Waals surface area contributed by atoms with Crippen molar-refractivity contribution in [2.45, 2.75) is 0 Å². The molecule has 2 aromatic carbocycles. The van der Waals surface area contributed by atoms with Crippen molar-refractivity contribution in [3.63, 3.8) is 0 Å². The molecule has 0 aliphatic heterocycles. The lowest BCUT2D eigenvalue weighted by atomic mass is 10.1. The van der Waals surface area contributed by atoms with Crippen LogP contribution in [0.3, 0.4) is 0 Å². The number of hydrogen-bond donors (Lipinski definition) is 2. The molecule has 0 unspecified atom stereocenters. The highest BCUT2D eigenvalue weighted by Gasteiger charge is 2.12. The highest BCUT2D eigenvalue weighted by molar-refractivity contribution is 6.08. The average Bonchev–Trinajstić information content (AvgIpc) is 2.69. The van der Waals surface area contributed by atoms with E-state index in [2.05, 4.69) is 15.6 Å². The number of carbonyl (C=O) groups is 2. The second-order valence-electron chi connectivity index (χ2n) is 6.18. The third kappa shape index (κ3) is 4.70. The lowest BCUT2D eigenvalue weighted by Gasteiger charge is -2.13. The van der Waals surface area contributed by atoms with Gasteiger partial charge in [-0.25, -0.2) is 0 Å². The summed E-state index contributed by atoms with van der Waals surface area (Å²) in [5, 5.41) is 5.59. The van der Waals surface area contributed by atoms with Crippen LogP contribution >= 0.6 is 0 Å². The van der Waals surface area contributed by atoms with E-state index in [1.807, 2.05) is 61.5 Å². The minimum absolute atomic E-state index is 0.312. The largest absolute Gasteiger partial charge is 0.378 e. The smallest absolute Gasteiger partial charge is 0.257 e. The van der Waals surface area contributed by atoms with Gasteiger partial charge in [-0.15, -0.1) is 0 Å². The Balaban J connectivity index is 1.70. The number of benzene rings is 2. The van der Waals surface area contributed by atoms with Crippen LogP contribution in [-0.2, 0) is 0 Å². The predicted octanol–water partition coefficient (Wildman–Crippen LogP) is 3.65. The van der Waals surface area contributed by atoms with Crippen molar-refractivity contribution < 1.29 is 9.59 Å². The summed E-state index contributed by atoms with van der Waals surface area (Å²) in [5.74, 6) is -0.645. The van der Waals surface area contributed by atoms with Crippen molar-refractivity contribution in [3.05, 3.63) is 84.2 Å². The molecule has 3 rings (SSSR count). The molecule has 0 radical (unpaired) electrons. The molecule has 6 nitrogen and oxygen atoms in total. The highest BCUT2D eigenvalue weighted by atomic mass is 16.2. The van der Waals surface area contributed by atoms with Crippen molar-refractivity contribution in [2.24, 2.45) is 0 Å². The number of amides is 2. The summed E-state index contributed by atoms with van der Waals surface area (Å²) in [6.45, 7) is 0. The van der Waals surface area contributed by atoms with Gasteiger partial charge in [0.15, 0.2) is 0 Å². The van der Waals surface area contributed by atoms with Gasteiger partial charge in [-0.1, -0.05) is 18.2 Å². The highest BCUT2D eigenvalue weighted by Crippen LogP contribution is 2.17. The molecule has 0 bridgehead atoms. The molecule has 1 heterocycles. The Kier molecular flexibility index (Phi) is 5.47. The monoisotopic (exact) mass is 360 g/mol. The maximum Gasteiger partial charge on any atom is 0.257 e. The zero-order valence-electron chi connectivity index (χ0n) is 15.1. The summed E-state index contributed by atoms with van der Waals surface area (Å²) in [6.07, 6.45) is 2.86. The van der Waals surface area contributed by atoms with Crippen molar-refractivity contribution in [3.8, 4) is 0 Å². The number of para-hydroxylation sites is 1. The van der Waals surface area contributed by atoms with Gasteiger partial charge in [-0.3, -0.25) is 14.6 Å². The van der Waals surface area contributed by atoms with Gasteiger partial charge in [0.2, 0.25) is 0 Å². The molecule has 6 heteroatoms. The summed E-state index contributed by atoms with van der Waals surface area (Å²) in [7, 11) is 3.90. The molecule has 3 aromatic rings. The summed E-state index contributed by atoms with van der Waals surface area (Å²) in [4.78, 5) is 30.8. The number of aromatic nitrogens is 1. The van der Waals surface area contributed by atoms with E-state index in [0.717, 1.165) is 5.69 Å². The Morgan fingerprint density at radius 2 is 1.30 bits per heavy atom. The van der Waals surface area contributed by atoms with Gasteiger partial charge in [0.1, 0.15) is 0 Å². The standard InChI is InChI=1S/C21H20N4O2/c1-25(2)19-10-8-18(9-11-19)24-21(27)16-12-15(13-22-14-16)20(26)23-17-6-4-3-5-7-17/h3-14H,1-2H3,(H,23,26)(H,24,27). The van der Waals surface area contributed by atoms with E-state index in [1.165, 1.54) is 18.5 Å². The Labute approximate surface area is 157 Å². The average molecular weight is 360 g/mol. The molecular weight excluding hydrogens is 340 g/mol. The molecule has 136 valence electrons. The Bertz CT molecular complexity index is 938. The Morgan fingerprint density at radius 3 is 1.81 bits per heavy atom. The summed E-state index contributed by atoms with van der Waals surface area (Å²) in [6, 6.07) is 18.1.